The first-order valence-corrected chi connectivity index (χ1v) is 5.58. The SMILES string of the molecule is C#CCNCC(C)C(=O)OCc1ccccc1. The summed E-state index contributed by atoms with van der Waals surface area (Å²) in [7, 11) is 0. The molecule has 1 rings (SSSR count). The van der Waals surface area contributed by atoms with Crippen molar-refractivity contribution in [3.63, 3.8) is 0 Å². The average molecular weight is 231 g/mol. The zero-order valence-corrected chi connectivity index (χ0v) is 9.98. The van der Waals surface area contributed by atoms with Gasteiger partial charge in [-0.05, 0) is 5.56 Å². The maximum Gasteiger partial charge on any atom is 0.310 e. The Labute approximate surface area is 102 Å². The molecule has 0 fully saturated rings. The monoisotopic (exact) mass is 231 g/mol. The first-order valence-electron chi connectivity index (χ1n) is 5.58. The Balaban J connectivity index is 2.27. The highest BCUT2D eigenvalue weighted by Crippen LogP contribution is 2.04. The first kappa shape index (κ1) is 13.3. The van der Waals surface area contributed by atoms with Crippen molar-refractivity contribution in [1.82, 2.24) is 5.32 Å². The Kier molecular flexibility index (Phi) is 5.84. The predicted octanol–water partition coefficient (Wildman–Crippen LogP) is 1.59. The molecule has 0 spiro atoms. The van der Waals surface area contributed by atoms with Crippen LogP contribution in [-0.2, 0) is 16.1 Å². The highest BCUT2D eigenvalue weighted by Gasteiger charge is 2.13. The van der Waals surface area contributed by atoms with Crippen LogP contribution >= 0.6 is 0 Å². The van der Waals surface area contributed by atoms with Crippen molar-refractivity contribution < 1.29 is 9.53 Å². The van der Waals surface area contributed by atoms with E-state index < -0.39 is 0 Å². The second-order valence-corrected chi connectivity index (χ2v) is 3.83. The largest absolute Gasteiger partial charge is 0.461 e. The number of carbonyl (C=O) groups excluding carboxylic acids is 1. The summed E-state index contributed by atoms with van der Waals surface area (Å²) in [5.41, 5.74) is 0.990. The Morgan fingerprint density at radius 2 is 2.18 bits per heavy atom. The maximum absolute atomic E-state index is 11.6. The molecule has 1 unspecified atom stereocenters. The van der Waals surface area contributed by atoms with Gasteiger partial charge in [0.05, 0.1) is 12.5 Å². The molecular weight excluding hydrogens is 214 g/mol. The Morgan fingerprint density at radius 3 is 2.82 bits per heavy atom. The third-order valence-electron chi connectivity index (χ3n) is 2.30. The van der Waals surface area contributed by atoms with Crippen LogP contribution in [0.5, 0.6) is 0 Å². The fraction of sp³-hybridized carbons (Fsp3) is 0.357. The zero-order valence-electron chi connectivity index (χ0n) is 9.98. The van der Waals surface area contributed by atoms with Gasteiger partial charge in [-0.15, -0.1) is 6.42 Å². The van der Waals surface area contributed by atoms with Gasteiger partial charge in [0.25, 0.3) is 0 Å². The van der Waals surface area contributed by atoms with Crippen LogP contribution in [0.1, 0.15) is 12.5 Å². The molecule has 1 N–H and O–H groups in total. The molecule has 0 radical (unpaired) electrons. The standard InChI is InChI=1S/C14H17NO2/c1-3-9-15-10-12(2)14(16)17-11-13-7-5-4-6-8-13/h1,4-8,12,15H,9-11H2,2H3. The van der Waals surface area contributed by atoms with Gasteiger partial charge in [-0.1, -0.05) is 43.2 Å². The summed E-state index contributed by atoms with van der Waals surface area (Å²) in [5, 5.41) is 2.98. The molecule has 3 heteroatoms. The summed E-state index contributed by atoms with van der Waals surface area (Å²) in [5.74, 6) is 2.06. The van der Waals surface area contributed by atoms with E-state index in [1.165, 1.54) is 0 Å². The predicted molar refractivity (Wildman–Crippen MR) is 67.1 cm³/mol. The molecule has 0 aliphatic carbocycles. The molecule has 0 aliphatic heterocycles. The van der Waals surface area contributed by atoms with Crippen molar-refractivity contribution in [2.75, 3.05) is 13.1 Å². The Hall–Kier alpha value is -1.79. The van der Waals surface area contributed by atoms with E-state index >= 15 is 0 Å². The molecule has 0 saturated heterocycles. The normalized spacial score (nSPS) is 11.5. The van der Waals surface area contributed by atoms with Gasteiger partial charge in [0.15, 0.2) is 0 Å². The van der Waals surface area contributed by atoms with Crippen LogP contribution < -0.4 is 5.32 Å². The number of ether oxygens (including phenoxy) is 1. The number of rotatable bonds is 6. The lowest BCUT2D eigenvalue weighted by Crippen LogP contribution is -2.28. The fourth-order valence-corrected chi connectivity index (χ4v) is 1.32. The number of benzene rings is 1. The van der Waals surface area contributed by atoms with Gasteiger partial charge in [0.2, 0.25) is 0 Å². The minimum atomic E-state index is -0.210. The van der Waals surface area contributed by atoms with Gasteiger partial charge in [0, 0.05) is 6.54 Å². The van der Waals surface area contributed by atoms with Gasteiger partial charge in [0.1, 0.15) is 6.61 Å². The van der Waals surface area contributed by atoms with Gasteiger partial charge in [-0.2, -0.15) is 0 Å². The number of carbonyl (C=O) groups is 1. The number of esters is 1. The molecule has 0 amide bonds. The van der Waals surface area contributed by atoms with E-state index in [0.29, 0.717) is 19.7 Å². The highest BCUT2D eigenvalue weighted by atomic mass is 16.5. The Morgan fingerprint density at radius 1 is 1.47 bits per heavy atom. The van der Waals surface area contributed by atoms with Crippen molar-refractivity contribution in [1.29, 1.82) is 0 Å². The van der Waals surface area contributed by atoms with E-state index in [0.717, 1.165) is 5.56 Å². The van der Waals surface area contributed by atoms with E-state index in [2.05, 4.69) is 11.2 Å². The minimum Gasteiger partial charge on any atom is -0.461 e. The number of nitrogens with one attached hydrogen (secondary N) is 1. The molecule has 0 bridgehead atoms. The topological polar surface area (TPSA) is 38.3 Å². The molecule has 17 heavy (non-hydrogen) atoms. The summed E-state index contributed by atoms with van der Waals surface area (Å²) in [6.07, 6.45) is 5.10. The summed E-state index contributed by atoms with van der Waals surface area (Å²) < 4.78 is 5.19. The quantitative estimate of drug-likeness (QED) is 0.459. The average Bonchev–Trinajstić information content (AvgIpc) is 2.37. The van der Waals surface area contributed by atoms with E-state index in [4.69, 9.17) is 11.2 Å². The molecule has 0 aliphatic rings. The lowest BCUT2D eigenvalue weighted by Gasteiger charge is -2.11. The minimum absolute atomic E-state index is 0.188. The first-order chi connectivity index (χ1) is 8.24. The van der Waals surface area contributed by atoms with Gasteiger partial charge >= 0.3 is 5.97 Å². The van der Waals surface area contributed by atoms with Crippen molar-refractivity contribution in [2.45, 2.75) is 13.5 Å². The van der Waals surface area contributed by atoms with Crippen LogP contribution in [0, 0.1) is 18.3 Å². The third kappa shape index (κ3) is 5.19. The maximum atomic E-state index is 11.6. The van der Waals surface area contributed by atoms with Crippen LogP contribution in [0.25, 0.3) is 0 Å². The van der Waals surface area contributed by atoms with E-state index in [-0.39, 0.29) is 11.9 Å². The number of terminal acetylenes is 1. The van der Waals surface area contributed by atoms with E-state index in [9.17, 15) is 4.79 Å². The summed E-state index contributed by atoms with van der Waals surface area (Å²) >= 11 is 0. The van der Waals surface area contributed by atoms with Crippen molar-refractivity contribution in [3.8, 4) is 12.3 Å². The van der Waals surface area contributed by atoms with Crippen LogP contribution in [0.3, 0.4) is 0 Å². The molecule has 1 aromatic rings. The van der Waals surface area contributed by atoms with Crippen molar-refractivity contribution >= 4 is 5.97 Å². The van der Waals surface area contributed by atoms with Crippen molar-refractivity contribution in [2.24, 2.45) is 5.92 Å². The molecule has 90 valence electrons. The Bertz CT molecular complexity index is 381. The zero-order chi connectivity index (χ0) is 12.5. The molecule has 0 heterocycles. The van der Waals surface area contributed by atoms with Crippen LogP contribution in [0.2, 0.25) is 0 Å². The van der Waals surface area contributed by atoms with Crippen molar-refractivity contribution in [3.05, 3.63) is 35.9 Å². The fourth-order valence-electron chi connectivity index (χ4n) is 1.32. The number of hydrogen-bond donors (Lipinski definition) is 1. The molecule has 0 saturated carbocycles. The van der Waals surface area contributed by atoms with E-state index in [1.54, 1.807) is 0 Å². The highest BCUT2D eigenvalue weighted by molar-refractivity contribution is 5.72. The summed E-state index contributed by atoms with van der Waals surface area (Å²) in [4.78, 5) is 11.6. The van der Waals surface area contributed by atoms with Crippen LogP contribution in [-0.4, -0.2) is 19.1 Å². The lowest BCUT2D eigenvalue weighted by molar-refractivity contribution is -0.149. The molecular formula is C14H17NO2. The van der Waals surface area contributed by atoms with Gasteiger partial charge in [-0.25, -0.2) is 0 Å². The molecule has 1 aromatic carbocycles. The van der Waals surface area contributed by atoms with E-state index in [1.807, 2.05) is 37.3 Å². The smallest absolute Gasteiger partial charge is 0.310 e. The summed E-state index contributed by atoms with van der Waals surface area (Å²) in [6.45, 7) is 3.14. The second-order valence-electron chi connectivity index (χ2n) is 3.83. The van der Waals surface area contributed by atoms with Crippen LogP contribution in [0.4, 0.5) is 0 Å². The molecule has 3 nitrogen and oxygen atoms in total. The van der Waals surface area contributed by atoms with Gasteiger partial charge in [-0.3, -0.25) is 4.79 Å². The molecule has 0 aromatic heterocycles. The van der Waals surface area contributed by atoms with Gasteiger partial charge < -0.3 is 10.1 Å². The lowest BCUT2D eigenvalue weighted by atomic mass is 10.2. The number of hydrogen-bond acceptors (Lipinski definition) is 3. The molecule has 1 atom stereocenters. The summed E-state index contributed by atoms with van der Waals surface area (Å²) in [6, 6.07) is 9.61. The second kappa shape index (κ2) is 7.48. The third-order valence-corrected chi connectivity index (χ3v) is 2.30. The van der Waals surface area contributed by atoms with Crippen LogP contribution in [0.15, 0.2) is 30.3 Å².